The lowest BCUT2D eigenvalue weighted by Gasteiger charge is -1.96. The van der Waals surface area contributed by atoms with Gasteiger partial charge >= 0.3 is 0 Å². The van der Waals surface area contributed by atoms with Crippen LogP contribution in [0.4, 0.5) is 13.9 Å². The van der Waals surface area contributed by atoms with E-state index in [0.717, 1.165) is 17.6 Å². The predicted molar refractivity (Wildman–Crippen MR) is 54.8 cm³/mol. The number of hydrogen-bond acceptors (Lipinski definition) is 4. The van der Waals surface area contributed by atoms with Crippen LogP contribution < -0.4 is 5.32 Å². The van der Waals surface area contributed by atoms with E-state index in [-0.39, 0.29) is 0 Å². The van der Waals surface area contributed by atoms with Crippen molar-refractivity contribution in [1.29, 1.82) is 0 Å². The molecule has 2 rings (SSSR count). The summed E-state index contributed by atoms with van der Waals surface area (Å²) in [7, 11) is 1.70. The van der Waals surface area contributed by atoms with E-state index in [2.05, 4.69) is 14.7 Å². The maximum Gasteiger partial charge on any atom is 0.202 e. The molecule has 0 bridgehead atoms. The molecule has 6 heteroatoms. The summed E-state index contributed by atoms with van der Waals surface area (Å²) in [6, 6.07) is 3.21. The standard InChI is InChI=1S/C9H7F2N3S/c1-12-9-13-8(14-15-9)5-2-6(10)4-7(11)3-5/h2-4H,1H3,(H,12,13,14). The van der Waals surface area contributed by atoms with Gasteiger partial charge in [0.25, 0.3) is 0 Å². The fourth-order valence-electron chi connectivity index (χ4n) is 1.13. The van der Waals surface area contributed by atoms with Crippen molar-refractivity contribution in [3.05, 3.63) is 29.8 Å². The molecule has 0 spiro atoms. The van der Waals surface area contributed by atoms with E-state index < -0.39 is 11.6 Å². The van der Waals surface area contributed by atoms with Crippen molar-refractivity contribution in [2.24, 2.45) is 0 Å². The summed E-state index contributed by atoms with van der Waals surface area (Å²) < 4.78 is 29.8. The lowest BCUT2D eigenvalue weighted by Crippen LogP contribution is -1.88. The molecule has 1 heterocycles. The molecule has 15 heavy (non-hydrogen) atoms. The van der Waals surface area contributed by atoms with E-state index in [1.54, 1.807) is 7.05 Å². The molecule has 0 unspecified atom stereocenters. The van der Waals surface area contributed by atoms with Crippen LogP contribution in [0.3, 0.4) is 0 Å². The Morgan fingerprint density at radius 1 is 1.20 bits per heavy atom. The normalized spacial score (nSPS) is 10.3. The van der Waals surface area contributed by atoms with Gasteiger partial charge in [0.2, 0.25) is 5.13 Å². The molecule has 2 aromatic rings. The third-order valence-electron chi connectivity index (χ3n) is 1.76. The number of nitrogens with zero attached hydrogens (tertiary/aromatic N) is 2. The van der Waals surface area contributed by atoms with Crippen LogP contribution in [0.2, 0.25) is 0 Å². The first-order valence-electron chi connectivity index (χ1n) is 4.17. The minimum Gasteiger partial charge on any atom is -0.363 e. The average Bonchev–Trinajstić information content (AvgIpc) is 2.64. The molecular formula is C9H7F2N3S. The SMILES string of the molecule is CNc1nc(-c2cc(F)cc(F)c2)ns1. The zero-order valence-corrected chi connectivity index (χ0v) is 8.61. The molecule has 0 aliphatic rings. The second kappa shape index (κ2) is 3.90. The fourth-order valence-corrected chi connectivity index (χ4v) is 1.66. The summed E-state index contributed by atoms with van der Waals surface area (Å²) in [4.78, 5) is 4.04. The van der Waals surface area contributed by atoms with Gasteiger partial charge in [0.05, 0.1) is 0 Å². The molecule has 0 saturated heterocycles. The highest BCUT2D eigenvalue weighted by atomic mass is 32.1. The van der Waals surface area contributed by atoms with Crippen LogP contribution in [0, 0.1) is 11.6 Å². The van der Waals surface area contributed by atoms with Crippen LogP contribution >= 0.6 is 11.5 Å². The molecule has 3 nitrogen and oxygen atoms in total. The summed E-state index contributed by atoms with van der Waals surface area (Å²) in [6.07, 6.45) is 0. The maximum atomic E-state index is 12.9. The molecular weight excluding hydrogens is 220 g/mol. The van der Waals surface area contributed by atoms with Gasteiger partial charge < -0.3 is 5.32 Å². The Morgan fingerprint density at radius 2 is 1.87 bits per heavy atom. The molecule has 0 radical (unpaired) electrons. The van der Waals surface area contributed by atoms with Gasteiger partial charge in [-0.05, 0) is 12.1 Å². The minimum absolute atomic E-state index is 0.322. The van der Waals surface area contributed by atoms with Gasteiger partial charge in [-0.25, -0.2) is 8.78 Å². The van der Waals surface area contributed by atoms with Gasteiger partial charge in [-0.15, -0.1) is 0 Å². The minimum atomic E-state index is -0.634. The van der Waals surface area contributed by atoms with Crippen molar-refractivity contribution in [1.82, 2.24) is 9.36 Å². The molecule has 0 fully saturated rings. The molecule has 0 atom stereocenters. The zero-order valence-electron chi connectivity index (χ0n) is 7.79. The van der Waals surface area contributed by atoms with E-state index >= 15 is 0 Å². The maximum absolute atomic E-state index is 12.9. The van der Waals surface area contributed by atoms with Crippen LogP contribution in [-0.2, 0) is 0 Å². The second-order valence-electron chi connectivity index (χ2n) is 2.83. The summed E-state index contributed by atoms with van der Waals surface area (Å²) in [5, 5.41) is 3.41. The van der Waals surface area contributed by atoms with E-state index in [1.165, 1.54) is 12.1 Å². The Hall–Kier alpha value is -1.56. The van der Waals surface area contributed by atoms with E-state index in [4.69, 9.17) is 0 Å². The van der Waals surface area contributed by atoms with Gasteiger partial charge in [0, 0.05) is 30.2 Å². The van der Waals surface area contributed by atoms with Crippen LogP contribution in [0.25, 0.3) is 11.4 Å². The van der Waals surface area contributed by atoms with Crippen LogP contribution in [0.1, 0.15) is 0 Å². The fraction of sp³-hybridized carbons (Fsp3) is 0.111. The Bertz CT molecular complexity index is 464. The number of aromatic nitrogens is 2. The largest absolute Gasteiger partial charge is 0.363 e. The summed E-state index contributed by atoms with van der Waals surface area (Å²) >= 11 is 1.14. The number of benzene rings is 1. The quantitative estimate of drug-likeness (QED) is 0.856. The Balaban J connectivity index is 2.44. The first-order chi connectivity index (χ1) is 7.19. The highest BCUT2D eigenvalue weighted by Crippen LogP contribution is 2.22. The summed E-state index contributed by atoms with van der Waals surface area (Å²) in [5.41, 5.74) is 0.338. The summed E-state index contributed by atoms with van der Waals surface area (Å²) in [6.45, 7) is 0. The molecule has 1 aromatic heterocycles. The number of anilines is 1. The molecule has 1 N–H and O–H groups in total. The van der Waals surface area contributed by atoms with Crippen molar-refractivity contribution < 1.29 is 8.78 Å². The topological polar surface area (TPSA) is 37.8 Å². The predicted octanol–water partition coefficient (Wildman–Crippen LogP) is 2.53. The Kier molecular flexibility index (Phi) is 2.59. The van der Waals surface area contributed by atoms with Gasteiger partial charge in [0.15, 0.2) is 5.82 Å². The van der Waals surface area contributed by atoms with Gasteiger partial charge in [-0.1, -0.05) is 0 Å². The van der Waals surface area contributed by atoms with E-state index in [1.807, 2.05) is 0 Å². The Labute approximate surface area is 89.0 Å². The van der Waals surface area contributed by atoms with Gasteiger partial charge in [-0.3, -0.25) is 0 Å². The van der Waals surface area contributed by atoms with Gasteiger partial charge in [0.1, 0.15) is 11.6 Å². The second-order valence-corrected chi connectivity index (χ2v) is 3.58. The number of nitrogens with one attached hydrogen (secondary N) is 1. The molecule has 1 aromatic carbocycles. The first-order valence-corrected chi connectivity index (χ1v) is 4.94. The highest BCUT2D eigenvalue weighted by Gasteiger charge is 2.08. The van der Waals surface area contributed by atoms with Crippen molar-refractivity contribution >= 4 is 16.7 Å². The van der Waals surface area contributed by atoms with Crippen molar-refractivity contribution in [3.8, 4) is 11.4 Å². The lowest BCUT2D eigenvalue weighted by atomic mass is 10.2. The van der Waals surface area contributed by atoms with Gasteiger partial charge in [-0.2, -0.15) is 9.36 Å². The van der Waals surface area contributed by atoms with Crippen molar-refractivity contribution in [2.75, 3.05) is 12.4 Å². The number of hydrogen-bond donors (Lipinski definition) is 1. The van der Waals surface area contributed by atoms with Crippen molar-refractivity contribution in [3.63, 3.8) is 0 Å². The zero-order chi connectivity index (χ0) is 10.8. The third kappa shape index (κ3) is 2.10. The van der Waals surface area contributed by atoms with Crippen LogP contribution in [0.5, 0.6) is 0 Å². The molecule has 0 aliphatic carbocycles. The lowest BCUT2D eigenvalue weighted by molar-refractivity contribution is 0.584. The van der Waals surface area contributed by atoms with Crippen LogP contribution in [0.15, 0.2) is 18.2 Å². The average molecular weight is 227 g/mol. The van der Waals surface area contributed by atoms with Crippen molar-refractivity contribution in [2.45, 2.75) is 0 Å². The van der Waals surface area contributed by atoms with E-state index in [0.29, 0.717) is 16.5 Å². The first kappa shape index (κ1) is 9.97. The van der Waals surface area contributed by atoms with Crippen LogP contribution in [-0.4, -0.2) is 16.4 Å². The number of rotatable bonds is 2. The Morgan fingerprint density at radius 3 is 2.40 bits per heavy atom. The third-order valence-corrected chi connectivity index (χ3v) is 2.49. The summed E-state index contributed by atoms with van der Waals surface area (Å²) in [5.74, 6) is -0.945. The molecule has 78 valence electrons. The number of halogens is 2. The van der Waals surface area contributed by atoms with E-state index in [9.17, 15) is 8.78 Å². The monoisotopic (exact) mass is 227 g/mol. The molecule has 0 saturated carbocycles. The molecule has 0 aliphatic heterocycles. The highest BCUT2D eigenvalue weighted by molar-refractivity contribution is 7.09. The smallest absolute Gasteiger partial charge is 0.202 e. The molecule has 0 amide bonds.